The third-order valence-electron chi connectivity index (χ3n) is 5.00. The third-order valence-corrected chi connectivity index (χ3v) is 5.00. The number of carbonyl (C=O) groups excluding carboxylic acids is 2. The summed E-state index contributed by atoms with van der Waals surface area (Å²) in [6, 6.07) is 11.3. The van der Waals surface area contributed by atoms with Gasteiger partial charge < -0.3 is 9.80 Å². The Balaban J connectivity index is 1.65. The van der Waals surface area contributed by atoms with Gasteiger partial charge in [0.05, 0.1) is 0 Å². The van der Waals surface area contributed by atoms with Gasteiger partial charge in [0.15, 0.2) is 0 Å². The van der Waals surface area contributed by atoms with Crippen LogP contribution in [0.1, 0.15) is 40.0 Å². The molecule has 1 saturated heterocycles. The normalized spacial score (nSPS) is 17.3. The number of benzene rings is 2. The van der Waals surface area contributed by atoms with Gasteiger partial charge in [-0.25, -0.2) is 8.78 Å². The van der Waals surface area contributed by atoms with Gasteiger partial charge in [-0.05, 0) is 55.7 Å². The Labute approximate surface area is 157 Å². The molecule has 1 fully saturated rings. The molecule has 1 atom stereocenters. The van der Waals surface area contributed by atoms with Crippen LogP contribution in [0.15, 0.2) is 48.5 Å². The predicted molar refractivity (Wildman–Crippen MR) is 98.4 cm³/mol. The Kier molecular flexibility index (Phi) is 5.84. The average Bonchev–Trinajstić information content (AvgIpc) is 2.92. The van der Waals surface area contributed by atoms with Crippen LogP contribution >= 0.6 is 0 Å². The summed E-state index contributed by atoms with van der Waals surface area (Å²) in [7, 11) is 1.71. The van der Waals surface area contributed by atoms with Gasteiger partial charge in [0, 0.05) is 37.3 Å². The summed E-state index contributed by atoms with van der Waals surface area (Å²) >= 11 is 0. The molecule has 6 heteroatoms. The summed E-state index contributed by atoms with van der Waals surface area (Å²) in [5, 5.41) is 0. The van der Waals surface area contributed by atoms with E-state index in [0.29, 0.717) is 30.6 Å². The minimum atomic E-state index is -0.443. The molecule has 0 saturated carbocycles. The quantitative estimate of drug-likeness (QED) is 0.824. The van der Waals surface area contributed by atoms with Crippen molar-refractivity contribution in [3.05, 3.63) is 71.3 Å². The van der Waals surface area contributed by atoms with Crippen LogP contribution in [0.2, 0.25) is 0 Å². The van der Waals surface area contributed by atoms with Crippen LogP contribution in [-0.2, 0) is 0 Å². The van der Waals surface area contributed by atoms with Gasteiger partial charge in [-0.15, -0.1) is 0 Å². The zero-order chi connectivity index (χ0) is 19.4. The number of nitrogens with zero attached hydrogens (tertiary/aromatic N) is 2. The molecular weight excluding hydrogens is 350 g/mol. The molecule has 0 N–H and O–H groups in total. The van der Waals surface area contributed by atoms with Gasteiger partial charge in [0.2, 0.25) is 0 Å². The Hall–Kier alpha value is -2.76. The molecule has 142 valence electrons. The molecule has 27 heavy (non-hydrogen) atoms. The fourth-order valence-corrected chi connectivity index (χ4v) is 3.46. The number of hydrogen-bond acceptors (Lipinski definition) is 2. The summed E-state index contributed by atoms with van der Waals surface area (Å²) < 4.78 is 26.8. The van der Waals surface area contributed by atoms with Crippen LogP contribution in [0.3, 0.4) is 0 Å². The zero-order valence-electron chi connectivity index (χ0n) is 15.2. The van der Waals surface area contributed by atoms with E-state index < -0.39 is 11.6 Å². The molecule has 2 amide bonds. The highest BCUT2D eigenvalue weighted by molar-refractivity contribution is 5.95. The first kappa shape index (κ1) is 19.0. The highest BCUT2D eigenvalue weighted by atomic mass is 19.1. The van der Waals surface area contributed by atoms with Gasteiger partial charge in [-0.3, -0.25) is 9.59 Å². The SMILES string of the molecule is CN(C(=O)c1cccc(F)c1)[C@H]1CCCN(C(=O)c2cccc(F)c2)CC1. The maximum atomic E-state index is 13.4. The van der Waals surface area contributed by atoms with Crippen LogP contribution in [-0.4, -0.2) is 47.8 Å². The maximum absolute atomic E-state index is 13.4. The second-order valence-corrected chi connectivity index (χ2v) is 6.81. The molecule has 2 aromatic rings. The molecule has 0 spiro atoms. The van der Waals surface area contributed by atoms with E-state index in [2.05, 4.69) is 0 Å². The Morgan fingerprint density at radius 3 is 2.26 bits per heavy atom. The van der Waals surface area contributed by atoms with Crippen molar-refractivity contribution in [3.63, 3.8) is 0 Å². The van der Waals surface area contributed by atoms with E-state index in [0.717, 1.165) is 12.8 Å². The van der Waals surface area contributed by atoms with Gasteiger partial charge in [0.1, 0.15) is 11.6 Å². The smallest absolute Gasteiger partial charge is 0.253 e. The molecule has 2 aromatic carbocycles. The van der Waals surface area contributed by atoms with E-state index in [9.17, 15) is 18.4 Å². The standard InChI is InChI=1S/C21H22F2N2O2/c1-24(20(26)15-5-2-7-17(22)13-15)19-9-4-11-25(12-10-19)21(27)16-6-3-8-18(23)14-16/h2-3,5-8,13-14,19H,4,9-12H2,1H3/t19-/m0/s1. The molecule has 0 radical (unpaired) electrons. The lowest BCUT2D eigenvalue weighted by Gasteiger charge is -2.27. The highest BCUT2D eigenvalue weighted by Crippen LogP contribution is 2.20. The minimum absolute atomic E-state index is 0.0360. The molecule has 1 aliphatic heterocycles. The average molecular weight is 372 g/mol. The number of likely N-dealkylation sites (tertiary alicyclic amines) is 1. The van der Waals surface area contributed by atoms with Crippen molar-refractivity contribution in [2.24, 2.45) is 0 Å². The first-order chi connectivity index (χ1) is 13.0. The van der Waals surface area contributed by atoms with Gasteiger partial charge in [-0.1, -0.05) is 12.1 Å². The third kappa shape index (κ3) is 4.51. The monoisotopic (exact) mass is 372 g/mol. The fourth-order valence-electron chi connectivity index (χ4n) is 3.46. The number of amides is 2. The summed E-state index contributed by atoms with van der Waals surface area (Å²) in [4.78, 5) is 28.6. The van der Waals surface area contributed by atoms with Crippen molar-refractivity contribution < 1.29 is 18.4 Å². The summed E-state index contributed by atoms with van der Waals surface area (Å²) in [5.41, 5.74) is 0.645. The first-order valence-corrected chi connectivity index (χ1v) is 9.03. The largest absolute Gasteiger partial charge is 0.339 e. The molecule has 0 aliphatic carbocycles. The van der Waals surface area contributed by atoms with E-state index in [-0.39, 0.29) is 17.9 Å². The number of rotatable bonds is 3. The van der Waals surface area contributed by atoms with Crippen molar-refractivity contribution >= 4 is 11.8 Å². The number of halogens is 2. The molecule has 0 aromatic heterocycles. The Morgan fingerprint density at radius 1 is 0.963 bits per heavy atom. The van der Waals surface area contributed by atoms with Crippen LogP contribution in [0.25, 0.3) is 0 Å². The summed E-state index contributed by atoms with van der Waals surface area (Å²) in [6.07, 6.45) is 2.12. The molecule has 3 rings (SSSR count). The van der Waals surface area contributed by atoms with Crippen molar-refractivity contribution in [1.29, 1.82) is 0 Å². The first-order valence-electron chi connectivity index (χ1n) is 9.03. The van der Waals surface area contributed by atoms with Gasteiger partial charge >= 0.3 is 0 Å². The van der Waals surface area contributed by atoms with Crippen LogP contribution in [0.5, 0.6) is 0 Å². The molecule has 1 aliphatic rings. The second kappa shape index (κ2) is 8.29. The van der Waals surface area contributed by atoms with E-state index in [4.69, 9.17) is 0 Å². The summed E-state index contributed by atoms with van der Waals surface area (Å²) in [5.74, 6) is -1.31. The van der Waals surface area contributed by atoms with Crippen LogP contribution in [0.4, 0.5) is 8.78 Å². The molecule has 0 bridgehead atoms. The zero-order valence-corrected chi connectivity index (χ0v) is 15.2. The second-order valence-electron chi connectivity index (χ2n) is 6.81. The lowest BCUT2D eigenvalue weighted by Crippen LogP contribution is -2.38. The molecule has 1 heterocycles. The van der Waals surface area contributed by atoms with Gasteiger partial charge in [0.25, 0.3) is 11.8 Å². The van der Waals surface area contributed by atoms with Crippen molar-refractivity contribution in [2.75, 3.05) is 20.1 Å². The fraction of sp³-hybridized carbons (Fsp3) is 0.333. The molecular formula is C21H22F2N2O2. The van der Waals surface area contributed by atoms with Crippen LogP contribution < -0.4 is 0 Å². The van der Waals surface area contributed by atoms with E-state index in [1.165, 1.54) is 36.4 Å². The number of carbonyl (C=O) groups is 2. The lowest BCUT2D eigenvalue weighted by molar-refractivity contribution is 0.0709. The number of hydrogen-bond donors (Lipinski definition) is 0. The van der Waals surface area contributed by atoms with E-state index in [1.54, 1.807) is 29.0 Å². The Morgan fingerprint density at radius 2 is 1.59 bits per heavy atom. The molecule has 4 nitrogen and oxygen atoms in total. The lowest BCUT2D eigenvalue weighted by atomic mass is 10.1. The maximum Gasteiger partial charge on any atom is 0.253 e. The van der Waals surface area contributed by atoms with E-state index >= 15 is 0 Å². The van der Waals surface area contributed by atoms with Gasteiger partial charge in [-0.2, -0.15) is 0 Å². The predicted octanol–water partition coefficient (Wildman–Crippen LogP) is 3.73. The molecule has 0 unspecified atom stereocenters. The van der Waals surface area contributed by atoms with Crippen molar-refractivity contribution in [2.45, 2.75) is 25.3 Å². The van der Waals surface area contributed by atoms with E-state index in [1.807, 2.05) is 0 Å². The summed E-state index contributed by atoms with van der Waals surface area (Å²) in [6.45, 7) is 1.05. The van der Waals surface area contributed by atoms with Crippen molar-refractivity contribution in [1.82, 2.24) is 9.80 Å². The van der Waals surface area contributed by atoms with Crippen molar-refractivity contribution in [3.8, 4) is 0 Å². The topological polar surface area (TPSA) is 40.6 Å². The highest BCUT2D eigenvalue weighted by Gasteiger charge is 2.26. The minimum Gasteiger partial charge on any atom is -0.339 e. The van der Waals surface area contributed by atoms with Crippen LogP contribution in [0, 0.1) is 11.6 Å². The Bertz CT molecular complexity index is 840.